The van der Waals surface area contributed by atoms with Gasteiger partial charge in [0.25, 0.3) is 5.82 Å². The molecule has 1 aromatic heterocycles. The van der Waals surface area contributed by atoms with Crippen LogP contribution in [0.2, 0.25) is 0 Å². The number of rotatable bonds is 5. The molecule has 2 aliphatic rings. The van der Waals surface area contributed by atoms with Crippen LogP contribution in [0.15, 0.2) is 54.7 Å². The summed E-state index contributed by atoms with van der Waals surface area (Å²) < 4.78 is 17.9. The van der Waals surface area contributed by atoms with Crippen LogP contribution in [0.4, 0.5) is 4.39 Å². The van der Waals surface area contributed by atoms with Crippen LogP contribution in [0.5, 0.6) is 0 Å². The Hall–Kier alpha value is -2.27. The third kappa shape index (κ3) is 5.29. The summed E-state index contributed by atoms with van der Waals surface area (Å²) in [6.07, 6.45) is 13.0. The van der Waals surface area contributed by atoms with Crippen molar-refractivity contribution in [2.24, 2.45) is 0 Å². The van der Waals surface area contributed by atoms with Crippen LogP contribution in [-0.4, -0.2) is 10.4 Å². The van der Waals surface area contributed by atoms with Crippen LogP contribution in [0, 0.1) is 5.82 Å². The Kier molecular flexibility index (Phi) is 7.79. The van der Waals surface area contributed by atoms with Gasteiger partial charge in [-0.15, -0.1) is 0 Å². The molecule has 1 saturated carbocycles. The number of fused-ring (bicyclic) bond motifs is 1. The van der Waals surface area contributed by atoms with E-state index in [1.54, 1.807) is 0 Å². The number of hydrogen-bond donors (Lipinski definition) is 0. The van der Waals surface area contributed by atoms with E-state index >= 15 is 0 Å². The number of imidazole rings is 1. The van der Waals surface area contributed by atoms with Crippen molar-refractivity contribution in [2.75, 3.05) is 0 Å². The van der Waals surface area contributed by atoms with E-state index in [0.29, 0.717) is 12.5 Å². The van der Waals surface area contributed by atoms with Gasteiger partial charge in [0.2, 0.25) is 5.78 Å². The van der Waals surface area contributed by atoms with Crippen LogP contribution in [-0.2, 0) is 19.5 Å². The highest BCUT2D eigenvalue weighted by Crippen LogP contribution is 2.32. The number of halogens is 2. The van der Waals surface area contributed by atoms with Crippen LogP contribution >= 0.6 is 0 Å². The van der Waals surface area contributed by atoms with E-state index in [9.17, 15) is 9.18 Å². The van der Waals surface area contributed by atoms with Gasteiger partial charge in [-0.3, -0.25) is 4.79 Å². The maximum Gasteiger partial charge on any atom is 0.257 e. The van der Waals surface area contributed by atoms with Crippen LogP contribution in [0.3, 0.4) is 0 Å². The molecule has 0 atom stereocenters. The van der Waals surface area contributed by atoms with Crippen molar-refractivity contribution in [3.63, 3.8) is 0 Å². The normalized spacial score (nSPS) is 16.5. The molecule has 0 saturated heterocycles. The fourth-order valence-electron chi connectivity index (χ4n) is 5.45. The fourth-order valence-corrected chi connectivity index (χ4v) is 5.45. The summed E-state index contributed by atoms with van der Waals surface area (Å²) in [5.74, 6) is 1.78. The van der Waals surface area contributed by atoms with Gasteiger partial charge in [0.05, 0.1) is 6.54 Å². The average Bonchev–Trinajstić information content (AvgIpc) is 3.00. The van der Waals surface area contributed by atoms with Crippen molar-refractivity contribution in [3.8, 4) is 11.3 Å². The van der Waals surface area contributed by atoms with Crippen LogP contribution in [0.1, 0.15) is 79.0 Å². The summed E-state index contributed by atoms with van der Waals surface area (Å²) in [5, 5.41) is 0. The van der Waals surface area contributed by atoms with Crippen molar-refractivity contribution in [1.82, 2.24) is 4.57 Å². The second-order valence-corrected chi connectivity index (χ2v) is 9.41. The lowest BCUT2D eigenvalue weighted by atomic mass is 9.84. The zero-order valence-corrected chi connectivity index (χ0v) is 20.7. The third-order valence-electron chi connectivity index (χ3n) is 7.26. The van der Waals surface area contributed by atoms with E-state index in [-0.39, 0.29) is 28.6 Å². The summed E-state index contributed by atoms with van der Waals surface area (Å²) in [4.78, 5) is 13.2. The first kappa shape index (κ1) is 23.9. The van der Waals surface area contributed by atoms with E-state index in [4.69, 9.17) is 0 Å². The number of ketones is 1. The van der Waals surface area contributed by atoms with E-state index < -0.39 is 0 Å². The average molecular weight is 511 g/mol. The monoisotopic (exact) mass is 510 g/mol. The Bertz CT molecular complexity index is 1080. The van der Waals surface area contributed by atoms with Gasteiger partial charge in [-0.05, 0) is 67.9 Å². The maximum absolute atomic E-state index is 13.5. The van der Waals surface area contributed by atoms with Gasteiger partial charge in [0, 0.05) is 17.5 Å². The second-order valence-electron chi connectivity index (χ2n) is 9.41. The van der Waals surface area contributed by atoms with Gasteiger partial charge in [0.1, 0.15) is 12.0 Å². The molecule has 33 heavy (non-hydrogen) atoms. The summed E-state index contributed by atoms with van der Waals surface area (Å²) in [6.45, 7) is 1.29. The third-order valence-corrected chi connectivity index (χ3v) is 7.26. The molecule has 1 aliphatic heterocycles. The highest BCUT2D eigenvalue weighted by molar-refractivity contribution is 5.95. The molecule has 3 aromatic rings. The van der Waals surface area contributed by atoms with Crippen molar-refractivity contribution in [3.05, 3.63) is 77.5 Å². The topological polar surface area (TPSA) is 25.9 Å². The number of aromatic nitrogens is 2. The van der Waals surface area contributed by atoms with Gasteiger partial charge < -0.3 is 17.0 Å². The molecule has 0 spiro atoms. The number of carbonyl (C=O) groups is 1. The summed E-state index contributed by atoms with van der Waals surface area (Å²) in [5.41, 5.74) is 4.24. The molecule has 2 heterocycles. The first-order chi connectivity index (χ1) is 15.7. The van der Waals surface area contributed by atoms with Gasteiger partial charge in [-0.2, -0.15) is 0 Å². The Morgan fingerprint density at radius 1 is 0.909 bits per heavy atom. The maximum atomic E-state index is 13.5. The van der Waals surface area contributed by atoms with Crippen molar-refractivity contribution in [2.45, 2.75) is 76.8 Å². The number of nitrogens with zero attached hydrogens (tertiary/aromatic N) is 2. The van der Waals surface area contributed by atoms with Gasteiger partial charge in [-0.1, -0.05) is 43.5 Å². The Morgan fingerprint density at radius 2 is 1.61 bits per heavy atom. The molecule has 0 unspecified atom stereocenters. The molecular weight excluding hydrogens is 479 g/mol. The summed E-state index contributed by atoms with van der Waals surface area (Å²) in [6, 6.07) is 15.0. The highest BCUT2D eigenvalue weighted by Gasteiger charge is 2.27. The molecule has 5 heteroatoms. The SMILES string of the molecule is O=C(C[n+]1cc(-c2ccc(F)cc2)n2c1CCCCC2)c1ccc(C2CCCCC2)cc1.[Br-]. The number of Topliss-reactive ketones (excluding diaryl/α,β-unsaturated/α-hetero) is 1. The van der Waals surface area contributed by atoms with Crippen molar-refractivity contribution in [1.29, 1.82) is 0 Å². The van der Waals surface area contributed by atoms with Crippen LogP contribution < -0.4 is 21.5 Å². The van der Waals surface area contributed by atoms with Crippen molar-refractivity contribution >= 4 is 5.78 Å². The zero-order chi connectivity index (χ0) is 21.9. The Labute approximate surface area is 206 Å². The quantitative estimate of drug-likeness (QED) is 0.382. The molecule has 5 rings (SSSR count). The molecular formula is C28H32BrFN2O. The lowest BCUT2D eigenvalue weighted by Gasteiger charge is -2.22. The largest absolute Gasteiger partial charge is 1.00 e. The minimum Gasteiger partial charge on any atom is -1.00 e. The molecule has 3 nitrogen and oxygen atoms in total. The first-order valence-corrected chi connectivity index (χ1v) is 12.2. The Morgan fingerprint density at radius 3 is 2.33 bits per heavy atom. The smallest absolute Gasteiger partial charge is 0.257 e. The van der Waals surface area contributed by atoms with Crippen molar-refractivity contribution < 1.29 is 30.7 Å². The van der Waals surface area contributed by atoms with E-state index in [2.05, 4.69) is 27.5 Å². The molecule has 0 N–H and O–H groups in total. The number of benzene rings is 2. The molecule has 2 aromatic carbocycles. The molecule has 174 valence electrons. The molecule has 0 radical (unpaired) electrons. The predicted molar refractivity (Wildman–Crippen MR) is 124 cm³/mol. The first-order valence-electron chi connectivity index (χ1n) is 12.2. The van der Waals surface area contributed by atoms with E-state index in [1.165, 1.54) is 62.0 Å². The summed E-state index contributed by atoms with van der Waals surface area (Å²) in [7, 11) is 0. The lowest BCUT2D eigenvalue weighted by Crippen LogP contribution is -3.00. The fraction of sp³-hybridized carbons (Fsp3) is 0.429. The number of hydrogen-bond acceptors (Lipinski definition) is 1. The van der Waals surface area contributed by atoms with Crippen LogP contribution in [0.25, 0.3) is 11.3 Å². The predicted octanol–water partition coefficient (Wildman–Crippen LogP) is 3.24. The van der Waals surface area contributed by atoms with Gasteiger partial charge in [-0.25, -0.2) is 13.5 Å². The second kappa shape index (κ2) is 10.8. The van der Waals surface area contributed by atoms with Gasteiger partial charge in [0.15, 0.2) is 12.2 Å². The standard InChI is InChI=1S/C28H32FN2O.BrH/c29-25-16-14-23(15-17-25)26-19-30(28-9-5-2-6-18-31(26)28)20-27(32)24-12-10-22(11-13-24)21-7-3-1-4-8-21;/h10-17,19,21H,1-9,18,20H2;1H/q+1;/p-1. The number of carbonyl (C=O) groups excluding carboxylic acids is 1. The molecule has 1 aliphatic carbocycles. The minimum atomic E-state index is -0.226. The van der Waals surface area contributed by atoms with E-state index in [0.717, 1.165) is 42.6 Å². The van der Waals surface area contributed by atoms with Gasteiger partial charge >= 0.3 is 0 Å². The summed E-state index contributed by atoms with van der Waals surface area (Å²) >= 11 is 0. The lowest BCUT2D eigenvalue weighted by molar-refractivity contribution is -0.690. The highest BCUT2D eigenvalue weighted by atomic mass is 79.9. The zero-order valence-electron chi connectivity index (χ0n) is 19.1. The Balaban J connectivity index is 0.00000259. The molecule has 0 amide bonds. The molecule has 0 bridgehead atoms. The van der Waals surface area contributed by atoms with E-state index in [1.807, 2.05) is 24.3 Å². The molecule has 1 fully saturated rings. The minimum absolute atomic E-state index is 0.